The summed E-state index contributed by atoms with van der Waals surface area (Å²) in [5.74, 6) is -1.87. The molecule has 16 heavy (non-hydrogen) atoms. The Hall–Kier alpha value is -0.740. The van der Waals surface area contributed by atoms with Crippen molar-refractivity contribution in [1.82, 2.24) is 4.90 Å². The van der Waals surface area contributed by atoms with Crippen molar-refractivity contribution in [2.75, 3.05) is 6.54 Å². The second-order valence-corrected chi connectivity index (χ2v) is 5.18. The molecule has 1 saturated heterocycles. The molecule has 1 atom stereocenters. The Kier molecular flexibility index (Phi) is 3.27. The molecule has 1 heterocycles. The van der Waals surface area contributed by atoms with Gasteiger partial charge in [-0.15, -0.1) is 0 Å². The summed E-state index contributed by atoms with van der Waals surface area (Å²) in [4.78, 5) is 13.2. The first kappa shape index (κ1) is 13.3. The monoisotopic (exact) mass is 237 g/mol. The van der Waals surface area contributed by atoms with Gasteiger partial charge >= 0.3 is 6.18 Å². The van der Waals surface area contributed by atoms with Crippen LogP contribution in [0.2, 0.25) is 0 Å². The molecule has 0 N–H and O–H groups in total. The minimum Gasteiger partial charge on any atom is -0.337 e. The summed E-state index contributed by atoms with van der Waals surface area (Å²) in [6.07, 6.45) is -4.22. The molecule has 94 valence electrons. The normalized spacial score (nSPS) is 25.2. The van der Waals surface area contributed by atoms with Crippen molar-refractivity contribution in [2.24, 2.45) is 11.8 Å². The fraction of sp³-hybridized carbons (Fsp3) is 0.909. The lowest BCUT2D eigenvalue weighted by Crippen LogP contribution is -2.50. The molecule has 0 aromatic heterocycles. The van der Waals surface area contributed by atoms with Gasteiger partial charge in [-0.3, -0.25) is 4.79 Å². The van der Waals surface area contributed by atoms with Crippen LogP contribution < -0.4 is 0 Å². The molecule has 1 unspecified atom stereocenters. The van der Waals surface area contributed by atoms with E-state index in [2.05, 4.69) is 0 Å². The highest BCUT2D eigenvalue weighted by atomic mass is 19.4. The van der Waals surface area contributed by atoms with E-state index in [1.165, 1.54) is 18.7 Å². The van der Waals surface area contributed by atoms with Crippen LogP contribution in [0.3, 0.4) is 0 Å². The standard InChI is InChI=1S/C11H18F3NO/c1-7(2)9(16)15-6-5-8(10(15,3)4)11(12,13)14/h7-8H,5-6H2,1-4H3. The van der Waals surface area contributed by atoms with Gasteiger partial charge in [-0.25, -0.2) is 0 Å². The van der Waals surface area contributed by atoms with Gasteiger partial charge in [0.25, 0.3) is 0 Å². The molecule has 0 aliphatic carbocycles. The van der Waals surface area contributed by atoms with E-state index in [-0.39, 0.29) is 24.8 Å². The molecule has 0 saturated carbocycles. The molecule has 1 aliphatic rings. The lowest BCUT2D eigenvalue weighted by Gasteiger charge is -2.37. The van der Waals surface area contributed by atoms with Gasteiger partial charge in [0.15, 0.2) is 0 Å². The molecular weight excluding hydrogens is 219 g/mol. The van der Waals surface area contributed by atoms with Gasteiger partial charge in [0, 0.05) is 18.0 Å². The molecule has 5 heteroatoms. The maximum atomic E-state index is 12.8. The fourth-order valence-electron chi connectivity index (χ4n) is 2.36. The quantitative estimate of drug-likeness (QED) is 0.686. The van der Waals surface area contributed by atoms with E-state index < -0.39 is 17.6 Å². The predicted octanol–water partition coefficient (Wildman–Crippen LogP) is 2.83. The number of rotatable bonds is 1. The van der Waals surface area contributed by atoms with Gasteiger partial charge in [0.1, 0.15) is 0 Å². The van der Waals surface area contributed by atoms with E-state index in [4.69, 9.17) is 0 Å². The van der Waals surface area contributed by atoms with Crippen LogP contribution in [0.15, 0.2) is 0 Å². The molecule has 0 radical (unpaired) electrons. The summed E-state index contributed by atoms with van der Waals surface area (Å²) in [6, 6.07) is 0. The van der Waals surface area contributed by atoms with Crippen molar-refractivity contribution in [3.05, 3.63) is 0 Å². The van der Waals surface area contributed by atoms with Crippen LogP contribution in [0.25, 0.3) is 0 Å². The zero-order chi connectivity index (χ0) is 12.7. The van der Waals surface area contributed by atoms with Crippen LogP contribution in [-0.4, -0.2) is 29.1 Å². The zero-order valence-electron chi connectivity index (χ0n) is 10.1. The largest absolute Gasteiger partial charge is 0.394 e. The molecule has 0 bridgehead atoms. The highest BCUT2D eigenvalue weighted by molar-refractivity contribution is 5.79. The third-order valence-corrected chi connectivity index (χ3v) is 3.34. The van der Waals surface area contributed by atoms with E-state index in [0.29, 0.717) is 0 Å². The van der Waals surface area contributed by atoms with E-state index >= 15 is 0 Å². The third kappa shape index (κ3) is 2.18. The Bertz CT molecular complexity index is 283. The summed E-state index contributed by atoms with van der Waals surface area (Å²) in [5.41, 5.74) is -1.13. The van der Waals surface area contributed by atoms with Gasteiger partial charge < -0.3 is 4.90 Å². The van der Waals surface area contributed by atoms with E-state index in [1.54, 1.807) is 13.8 Å². The molecule has 1 rings (SSSR count). The van der Waals surface area contributed by atoms with Gasteiger partial charge in [-0.1, -0.05) is 13.8 Å². The van der Waals surface area contributed by atoms with Crippen LogP contribution in [0.5, 0.6) is 0 Å². The molecule has 1 amide bonds. The lowest BCUT2D eigenvalue weighted by atomic mass is 9.87. The molecule has 0 aromatic carbocycles. The minimum absolute atomic E-state index is 0.00889. The Morgan fingerprint density at radius 3 is 2.19 bits per heavy atom. The zero-order valence-corrected chi connectivity index (χ0v) is 10.1. The smallest absolute Gasteiger partial charge is 0.337 e. The maximum absolute atomic E-state index is 12.8. The number of carbonyl (C=O) groups excluding carboxylic acids is 1. The Labute approximate surface area is 93.8 Å². The van der Waals surface area contributed by atoms with Gasteiger partial charge in [0.2, 0.25) is 5.91 Å². The second kappa shape index (κ2) is 3.93. The van der Waals surface area contributed by atoms with Crippen molar-refractivity contribution in [3.63, 3.8) is 0 Å². The van der Waals surface area contributed by atoms with Gasteiger partial charge in [0.05, 0.1) is 5.92 Å². The van der Waals surface area contributed by atoms with E-state index in [0.717, 1.165) is 0 Å². The van der Waals surface area contributed by atoms with Crippen LogP contribution >= 0.6 is 0 Å². The van der Waals surface area contributed by atoms with Crippen molar-refractivity contribution >= 4 is 5.91 Å². The van der Waals surface area contributed by atoms with Gasteiger partial charge in [-0.05, 0) is 20.3 Å². The lowest BCUT2D eigenvalue weighted by molar-refractivity contribution is -0.192. The Balaban J connectivity index is 2.92. The Morgan fingerprint density at radius 2 is 1.88 bits per heavy atom. The Morgan fingerprint density at radius 1 is 1.38 bits per heavy atom. The predicted molar refractivity (Wildman–Crippen MR) is 54.8 cm³/mol. The van der Waals surface area contributed by atoms with Crippen LogP contribution in [-0.2, 0) is 4.79 Å². The minimum atomic E-state index is -4.23. The molecule has 2 nitrogen and oxygen atoms in total. The topological polar surface area (TPSA) is 20.3 Å². The SMILES string of the molecule is CC(C)C(=O)N1CCC(C(F)(F)F)C1(C)C. The molecule has 1 fully saturated rings. The van der Waals surface area contributed by atoms with Crippen molar-refractivity contribution in [2.45, 2.75) is 45.8 Å². The average Bonchev–Trinajstić information content (AvgIpc) is 2.38. The second-order valence-electron chi connectivity index (χ2n) is 5.18. The number of hydrogen-bond acceptors (Lipinski definition) is 1. The van der Waals surface area contributed by atoms with Crippen LogP contribution in [0.4, 0.5) is 13.2 Å². The van der Waals surface area contributed by atoms with Crippen LogP contribution in [0.1, 0.15) is 34.1 Å². The summed E-state index contributed by atoms with van der Waals surface area (Å²) in [5, 5.41) is 0. The first-order valence-corrected chi connectivity index (χ1v) is 5.46. The molecule has 0 aromatic rings. The summed E-state index contributed by atoms with van der Waals surface area (Å²) in [7, 11) is 0. The summed E-state index contributed by atoms with van der Waals surface area (Å²) < 4.78 is 38.3. The van der Waals surface area contributed by atoms with Gasteiger partial charge in [-0.2, -0.15) is 13.2 Å². The number of halogens is 3. The van der Waals surface area contributed by atoms with Crippen molar-refractivity contribution in [3.8, 4) is 0 Å². The average molecular weight is 237 g/mol. The summed E-state index contributed by atoms with van der Waals surface area (Å²) >= 11 is 0. The number of alkyl halides is 3. The first-order chi connectivity index (χ1) is 7.08. The number of nitrogens with zero attached hydrogens (tertiary/aromatic N) is 1. The number of hydrogen-bond donors (Lipinski definition) is 0. The number of amides is 1. The highest BCUT2D eigenvalue weighted by Gasteiger charge is 2.56. The van der Waals surface area contributed by atoms with Crippen molar-refractivity contribution < 1.29 is 18.0 Å². The first-order valence-electron chi connectivity index (χ1n) is 5.46. The molecule has 0 spiro atoms. The maximum Gasteiger partial charge on any atom is 0.394 e. The van der Waals surface area contributed by atoms with Crippen LogP contribution in [0, 0.1) is 11.8 Å². The fourth-order valence-corrected chi connectivity index (χ4v) is 2.36. The molecule has 1 aliphatic heterocycles. The number of likely N-dealkylation sites (tertiary alicyclic amines) is 1. The third-order valence-electron chi connectivity index (χ3n) is 3.34. The molecular formula is C11H18F3NO. The number of carbonyl (C=O) groups is 1. The summed E-state index contributed by atoms with van der Waals surface area (Å²) in [6.45, 7) is 6.61. The van der Waals surface area contributed by atoms with Crippen molar-refractivity contribution in [1.29, 1.82) is 0 Å². The highest BCUT2D eigenvalue weighted by Crippen LogP contribution is 2.45. The van der Waals surface area contributed by atoms with E-state index in [9.17, 15) is 18.0 Å². The van der Waals surface area contributed by atoms with E-state index in [1.807, 2.05) is 0 Å².